The predicted octanol–water partition coefficient (Wildman–Crippen LogP) is 0.621. The number of rotatable bonds is 6. The number of benzene rings is 1. The second-order valence-corrected chi connectivity index (χ2v) is 8.10. The van der Waals surface area contributed by atoms with E-state index in [0.29, 0.717) is 43.2 Å². The van der Waals surface area contributed by atoms with E-state index in [1.54, 1.807) is 24.3 Å². The normalized spacial score (nSPS) is 23.0. The Morgan fingerprint density at radius 1 is 1.32 bits per heavy atom. The van der Waals surface area contributed by atoms with Crippen molar-refractivity contribution in [1.82, 2.24) is 15.4 Å². The minimum Gasteiger partial charge on any atom is -0.356 e. The molecule has 1 atom stereocenters. The molecule has 1 amide bonds. The molecule has 0 saturated carbocycles. The Labute approximate surface area is 148 Å². The molecule has 0 aromatic heterocycles. The average molecular weight is 364 g/mol. The first-order chi connectivity index (χ1) is 12.1. The molecular formula is C17H24N4O3S. The van der Waals surface area contributed by atoms with Crippen LogP contribution in [-0.2, 0) is 14.8 Å². The number of amidine groups is 1. The number of piperidine rings is 1. The van der Waals surface area contributed by atoms with E-state index >= 15 is 0 Å². The van der Waals surface area contributed by atoms with E-state index in [0.717, 1.165) is 25.9 Å². The van der Waals surface area contributed by atoms with Crippen LogP contribution in [0.15, 0.2) is 34.2 Å². The number of nitrogens with zero attached hydrogens (tertiary/aromatic N) is 1. The first kappa shape index (κ1) is 17.9. The molecule has 1 fully saturated rings. The number of fused-ring (bicyclic) bond motifs is 1. The highest BCUT2D eigenvalue weighted by Gasteiger charge is 2.29. The van der Waals surface area contributed by atoms with Gasteiger partial charge < -0.3 is 10.6 Å². The Morgan fingerprint density at radius 3 is 2.96 bits per heavy atom. The van der Waals surface area contributed by atoms with Gasteiger partial charge in [0.05, 0.1) is 4.90 Å². The first-order valence-corrected chi connectivity index (χ1v) is 10.2. The van der Waals surface area contributed by atoms with Gasteiger partial charge in [0.1, 0.15) is 5.84 Å². The second-order valence-electron chi connectivity index (χ2n) is 6.45. The van der Waals surface area contributed by atoms with E-state index in [4.69, 9.17) is 0 Å². The SMILES string of the molecule is O=C(CCCN=C1NS(=O)(=O)c2ccccc21)NCC1CCCNC1. The van der Waals surface area contributed by atoms with Crippen LogP contribution in [0.4, 0.5) is 0 Å². The van der Waals surface area contributed by atoms with Crippen molar-refractivity contribution in [3.63, 3.8) is 0 Å². The van der Waals surface area contributed by atoms with Crippen LogP contribution in [0, 0.1) is 5.92 Å². The lowest BCUT2D eigenvalue weighted by atomic mass is 10.00. The summed E-state index contributed by atoms with van der Waals surface area (Å²) in [5, 5.41) is 6.30. The van der Waals surface area contributed by atoms with Crippen molar-refractivity contribution in [2.75, 3.05) is 26.2 Å². The molecular weight excluding hydrogens is 340 g/mol. The zero-order valence-corrected chi connectivity index (χ0v) is 14.9. The van der Waals surface area contributed by atoms with Crippen LogP contribution in [-0.4, -0.2) is 46.3 Å². The minimum absolute atomic E-state index is 0.0261. The number of amides is 1. The Balaban J connectivity index is 1.44. The molecule has 1 aromatic carbocycles. The van der Waals surface area contributed by atoms with Crippen molar-refractivity contribution in [3.8, 4) is 0 Å². The summed E-state index contributed by atoms with van der Waals surface area (Å²) in [4.78, 5) is 16.5. The molecule has 0 spiro atoms. The first-order valence-electron chi connectivity index (χ1n) is 8.70. The number of carbonyl (C=O) groups is 1. The highest BCUT2D eigenvalue weighted by atomic mass is 32.2. The van der Waals surface area contributed by atoms with E-state index in [-0.39, 0.29) is 10.8 Å². The summed E-state index contributed by atoms with van der Waals surface area (Å²) in [6.07, 6.45) is 3.30. The summed E-state index contributed by atoms with van der Waals surface area (Å²) in [6, 6.07) is 6.77. The zero-order valence-electron chi connectivity index (χ0n) is 14.1. The number of hydrogen-bond donors (Lipinski definition) is 3. The van der Waals surface area contributed by atoms with Gasteiger partial charge in [-0.1, -0.05) is 12.1 Å². The molecule has 7 nitrogen and oxygen atoms in total. The van der Waals surface area contributed by atoms with Crippen molar-refractivity contribution in [1.29, 1.82) is 0 Å². The van der Waals surface area contributed by atoms with Gasteiger partial charge in [-0.3, -0.25) is 14.5 Å². The smallest absolute Gasteiger partial charge is 0.263 e. The minimum atomic E-state index is -3.50. The van der Waals surface area contributed by atoms with Gasteiger partial charge in [-0.15, -0.1) is 0 Å². The van der Waals surface area contributed by atoms with Gasteiger partial charge >= 0.3 is 0 Å². The van der Waals surface area contributed by atoms with E-state index < -0.39 is 10.0 Å². The fourth-order valence-corrected chi connectivity index (χ4v) is 4.38. The number of nitrogens with one attached hydrogen (secondary N) is 3. The molecule has 8 heteroatoms. The van der Waals surface area contributed by atoms with Crippen molar-refractivity contribution in [3.05, 3.63) is 29.8 Å². The van der Waals surface area contributed by atoms with Gasteiger partial charge in [-0.25, -0.2) is 8.42 Å². The van der Waals surface area contributed by atoms with Gasteiger partial charge in [0.15, 0.2) is 0 Å². The highest BCUT2D eigenvalue weighted by molar-refractivity contribution is 7.90. The van der Waals surface area contributed by atoms with Crippen LogP contribution in [0.3, 0.4) is 0 Å². The monoisotopic (exact) mass is 364 g/mol. The molecule has 0 aliphatic carbocycles. The molecule has 1 saturated heterocycles. The maximum atomic E-state index is 12.0. The Kier molecular flexibility index (Phi) is 5.70. The lowest BCUT2D eigenvalue weighted by Crippen LogP contribution is -2.38. The summed E-state index contributed by atoms with van der Waals surface area (Å²) in [5.74, 6) is 0.907. The fraction of sp³-hybridized carbons (Fsp3) is 0.529. The van der Waals surface area contributed by atoms with Crippen LogP contribution >= 0.6 is 0 Å². The number of hydrogen-bond acceptors (Lipinski definition) is 5. The largest absolute Gasteiger partial charge is 0.356 e. The lowest BCUT2D eigenvalue weighted by molar-refractivity contribution is -0.121. The summed E-state index contributed by atoms with van der Waals surface area (Å²) in [6.45, 7) is 3.16. The molecule has 2 aliphatic rings. The lowest BCUT2D eigenvalue weighted by Gasteiger charge is -2.22. The maximum Gasteiger partial charge on any atom is 0.263 e. The standard InChI is InChI=1S/C17H24N4O3S/c22-16(20-12-13-5-3-9-18-11-13)8-4-10-19-17-14-6-1-2-7-15(14)25(23,24)21-17/h1-2,6-7,13,18H,3-5,8-12H2,(H,19,21)(H,20,22). The van der Waals surface area contributed by atoms with E-state index in [9.17, 15) is 13.2 Å². The molecule has 2 heterocycles. The third-order valence-corrected chi connectivity index (χ3v) is 5.88. The van der Waals surface area contributed by atoms with Crippen LogP contribution in [0.5, 0.6) is 0 Å². The van der Waals surface area contributed by atoms with Crippen molar-refractivity contribution >= 4 is 21.8 Å². The maximum absolute atomic E-state index is 12.0. The average Bonchev–Trinajstić information content (AvgIpc) is 2.89. The molecule has 2 aliphatic heterocycles. The van der Waals surface area contributed by atoms with E-state index in [1.807, 2.05) is 0 Å². The second kappa shape index (κ2) is 7.97. The van der Waals surface area contributed by atoms with E-state index in [2.05, 4.69) is 20.3 Å². The molecule has 3 N–H and O–H groups in total. The Bertz CT molecular complexity index is 755. The number of sulfonamides is 1. The van der Waals surface area contributed by atoms with Crippen molar-refractivity contribution in [2.45, 2.75) is 30.6 Å². The van der Waals surface area contributed by atoms with Crippen LogP contribution in [0.2, 0.25) is 0 Å². The van der Waals surface area contributed by atoms with Gasteiger partial charge in [0.25, 0.3) is 10.0 Å². The van der Waals surface area contributed by atoms with Crippen LogP contribution < -0.4 is 15.4 Å². The number of aliphatic imine (C=N–C) groups is 1. The number of carbonyl (C=O) groups excluding carboxylic acids is 1. The predicted molar refractivity (Wildman–Crippen MR) is 96.0 cm³/mol. The molecule has 0 radical (unpaired) electrons. The van der Waals surface area contributed by atoms with Crippen molar-refractivity contribution in [2.24, 2.45) is 10.9 Å². The van der Waals surface area contributed by atoms with Crippen molar-refractivity contribution < 1.29 is 13.2 Å². The molecule has 136 valence electrons. The quantitative estimate of drug-likeness (QED) is 0.644. The van der Waals surface area contributed by atoms with Gasteiger partial charge in [0.2, 0.25) is 5.91 Å². The molecule has 0 bridgehead atoms. The Morgan fingerprint density at radius 2 is 2.16 bits per heavy atom. The fourth-order valence-electron chi connectivity index (χ4n) is 3.13. The topological polar surface area (TPSA) is 99.7 Å². The molecule has 3 rings (SSSR count). The molecule has 25 heavy (non-hydrogen) atoms. The third kappa shape index (κ3) is 4.58. The summed E-state index contributed by atoms with van der Waals surface area (Å²) >= 11 is 0. The van der Waals surface area contributed by atoms with Gasteiger partial charge in [-0.2, -0.15) is 0 Å². The van der Waals surface area contributed by atoms with Crippen LogP contribution in [0.25, 0.3) is 0 Å². The summed E-state index contributed by atoms with van der Waals surface area (Å²) in [5.41, 5.74) is 0.594. The van der Waals surface area contributed by atoms with Crippen LogP contribution in [0.1, 0.15) is 31.2 Å². The molecule has 1 aromatic rings. The third-order valence-electron chi connectivity index (χ3n) is 4.48. The molecule has 1 unspecified atom stereocenters. The van der Waals surface area contributed by atoms with Gasteiger partial charge in [-0.05, 0) is 50.4 Å². The summed E-state index contributed by atoms with van der Waals surface area (Å²) < 4.78 is 26.4. The summed E-state index contributed by atoms with van der Waals surface area (Å²) in [7, 11) is -3.50. The highest BCUT2D eigenvalue weighted by Crippen LogP contribution is 2.22. The Hall–Kier alpha value is -1.93. The zero-order chi connectivity index (χ0) is 17.7. The van der Waals surface area contributed by atoms with Gasteiger partial charge in [0, 0.05) is 25.1 Å². The van der Waals surface area contributed by atoms with E-state index in [1.165, 1.54) is 0 Å².